The summed E-state index contributed by atoms with van der Waals surface area (Å²) in [5, 5.41) is 5.26. The molecule has 0 saturated carbocycles. The van der Waals surface area contributed by atoms with Gasteiger partial charge in [-0.3, -0.25) is 9.59 Å². The minimum absolute atomic E-state index is 0.282. The van der Waals surface area contributed by atoms with Gasteiger partial charge in [-0.25, -0.2) is 0 Å². The Hall–Kier alpha value is -2.36. The smallest absolute Gasteiger partial charge is 0.313 e. The van der Waals surface area contributed by atoms with E-state index in [2.05, 4.69) is 40.3 Å². The molecule has 2 N–H and O–H groups in total. The second kappa shape index (κ2) is 9.21. The van der Waals surface area contributed by atoms with Gasteiger partial charge in [0.25, 0.3) is 0 Å². The van der Waals surface area contributed by atoms with E-state index in [1.165, 1.54) is 0 Å². The fourth-order valence-electron chi connectivity index (χ4n) is 2.76. The number of piperazine rings is 1. The van der Waals surface area contributed by atoms with Crippen LogP contribution >= 0.6 is 0 Å². The highest BCUT2D eigenvalue weighted by atomic mass is 16.2. The average Bonchev–Trinajstić information content (AvgIpc) is 2.61. The average molecular weight is 342 g/mol. The lowest BCUT2D eigenvalue weighted by atomic mass is 10.1. The Morgan fingerprint density at radius 2 is 1.96 bits per heavy atom. The number of nitrogens with one attached hydrogen (secondary N) is 2. The third-order valence-corrected chi connectivity index (χ3v) is 4.27. The van der Waals surface area contributed by atoms with Gasteiger partial charge in [-0.2, -0.15) is 0 Å². The van der Waals surface area contributed by atoms with Crippen LogP contribution in [-0.4, -0.2) is 67.9 Å². The number of carbonyl (C=O) groups excluding carboxylic acids is 2. The van der Waals surface area contributed by atoms with Gasteiger partial charge in [0, 0.05) is 50.5 Å². The van der Waals surface area contributed by atoms with Crippen molar-refractivity contribution in [3.63, 3.8) is 0 Å². The van der Waals surface area contributed by atoms with Crippen molar-refractivity contribution >= 4 is 17.5 Å². The summed E-state index contributed by atoms with van der Waals surface area (Å²) in [4.78, 5) is 28.6. The standard InChI is InChI=1S/C19H26N4O2/c1-4-16-6-5-7-17(12-16)21-19(25)18(24)20-13-15(2)14-23-10-8-22(3)9-11-23/h1,5-7,12,15H,8-11,13-14H2,2-3H3,(H,20,24)(H,21,25). The summed E-state index contributed by atoms with van der Waals surface area (Å²) in [6.07, 6.45) is 5.33. The Kier molecular flexibility index (Phi) is 6.99. The predicted octanol–water partition coefficient (Wildman–Crippen LogP) is 0.606. The van der Waals surface area contributed by atoms with Crippen molar-refractivity contribution in [1.82, 2.24) is 15.1 Å². The summed E-state index contributed by atoms with van der Waals surface area (Å²) >= 11 is 0. The number of hydrogen-bond donors (Lipinski definition) is 2. The van der Waals surface area contributed by atoms with Gasteiger partial charge in [0.05, 0.1) is 0 Å². The molecule has 1 saturated heterocycles. The Labute approximate surface area is 149 Å². The van der Waals surface area contributed by atoms with Crippen molar-refractivity contribution in [2.75, 3.05) is 51.6 Å². The van der Waals surface area contributed by atoms with Gasteiger partial charge in [0.15, 0.2) is 0 Å². The summed E-state index contributed by atoms with van der Waals surface area (Å²) in [6, 6.07) is 6.85. The maximum atomic E-state index is 12.0. The lowest BCUT2D eigenvalue weighted by molar-refractivity contribution is -0.136. The second-order valence-corrected chi connectivity index (χ2v) is 6.60. The number of rotatable bonds is 5. The largest absolute Gasteiger partial charge is 0.348 e. The summed E-state index contributed by atoms with van der Waals surface area (Å²) in [6.45, 7) is 7.69. The molecule has 0 bridgehead atoms. The molecule has 1 aromatic rings. The summed E-state index contributed by atoms with van der Waals surface area (Å²) in [7, 11) is 2.12. The van der Waals surface area contributed by atoms with E-state index in [9.17, 15) is 9.59 Å². The molecule has 2 rings (SSSR count). The number of nitrogens with zero attached hydrogens (tertiary/aromatic N) is 2. The Bertz CT molecular complexity index is 645. The molecular formula is C19H26N4O2. The van der Waals surface area contributed by atoms with Crippen LogP contribution in [0, 0.1) is 18.3 Å². The monoisotopic (exact) mass is 342 g/mol. The highest BCUT2D eigenvalue weighted by Gasteiger charge is 2.18. The molecule has 1 aromatic carbocycles. The number of anilines is 1. The quantitative estimate of drug-likeness (QED) is 0.608. The fraction of sp³-hybridized carbons (Fsp3) is 0.474. The van der Waals surface area contributed by atoms with Crippen LogP contribution in [0.3, 0.4) is 0 Å². The van der Waals surface area contributed by atoms with Crippen molar-refractivity contribution in [3.8, 4) is 12.3 Å². The van der Waals surface area contributed by atoms with Crippen LogP contribution < -0.4 is 10.6 Å². The third kappa shape index (κ3) is 6.22. The molecule has 1 atom stereocenters. The molecule has 1 unspecified atom stereocenters. The Morgan fingerprint density at radius 3 is 2.64 bits per heavy atom. The molecule has 1 heterocycles. The number of amides is 2. The normalized spacial score (nSPS) is 16.7. The molecule has 25 heavy (non-hydrogen) atoms. The molecular weight excluding hydrogens is 316 g/mol. The highest BCUT2D eigenvalue weighted by molar-refractivity contribution is 6.39. The lowest BCUT2D eigenvalue weighted by Crippen LogP contribution is -2.47. The maximum Gasteiger partial charge on any atom is 0.313 e. The van der Waals surface area contributed by atoms with Gasteiger partial charge >= 0.3 is 11.8 Å². The molecule has 1 aliphatic rings. The van der Waals surface area contributed by atoms with E-state index in [4.69, 9.17) is 6.42 Å². The molecule has 134 valence electrons. The van der Waals surface area contributed by atoms with Crippen LogP contribution in [0.1, 0.15) is 12.5 Å². The number of hydrogen-bond acceptors (Lipinski definition) is 4. The second-order valence-electron chi connectivity index (χ2n) is 6.60. The molecule has 2 amide bonds. The topological polar surface area (TPSA) is 64.7 Å². The number of carbonyl (C=O) groups is 2. The molecule has 6 nitrogen and oxygen atoms in total. The van der Waals surface area contributed by atoms with Crippen LogP contribution in [-0.2, 0) is 9.59 Å². The van der Waals surface area contributed by atoms with Crippen LogP contribution in [0.4, 0.5) is 5.69 Å². The van der Waals surface area contributed by atoms with Gasteiger partial charge in [-0.15, -0.1) is 6.42 Å². The number of likely N-dealkylation sites (N-methyl/N-ethyl adjacent to an activating group) is 1. The van der Waals surface area contributed by atoms with Crippen LogP contribution in [0.5, 0.6) is 0 Å². The van der Waals surface area contributed by atoms with Gasteiger partial charge in [0.1, 0.15) is 0 Å². The van der Waals surface area contributed by atoms with Gasteiger partial charge in [-0.1, -0.05) is 18.9 Å². The molecule has 6 heteroatoms. The zero-order chi connectivity index (χ0) is 18.2. The SMILES string of the molecule is C#Cc1cccc(NC(=O)C(=O)NCC(C)CN2CCN(C)CC2)c1. The van der Waals surface area contributed by atoms with E-state index >= 15 is 0 Å². The van der Waals surface area contributed by atoms with E-state index in [-0.39, 0.29) is 5.92 Å². The Morgan fingerprint density at radius 1 is 1.24 bits per heavy atom. The summed E-state index contributed by atoms with van der Waals surface area (Å²) in [5.41, 5.74) is 1.17. The minimum Gasteiger partial charge on any atom is -0.348 e. The van der Waals surface area contributed by atoms with Gasteiger partial charge in [0.2, 0.25) is 0 Å². The van der Waals surface area contributed by atoms with Crippen LogP contribution in [0.15, 0.2) is 24.3 Å². The molecule has 1 fully saturated rings. The summed E-state index contributed by atoms with van der Waals surface area (Å²) in [5.74, 6) is 1.47. The van der Waals surface area contributed by atoms with Gasteiger partial charge in [-0.05, 0) is 31.2 Å². The zero-order valence-electron chi connectivity index (χ0n) is 14.9. The Balaban J connectivity index is 1.73. The van der Waals surface area contributed by atoms with Crippen molar-refractivity contribution in [2.45, 2.75) is 6.92 Å². The first-order chi connectivity index (χ1) is 12.0. The number of benzene rings is 1. The van der Waals surface area contributed by atoms with Crippen LogP contribution in [0.25, 0.3) is 0 Å². The van der Waals surface area contributed by atoms with E-state index in [0.29, 0.717) is 17.8 Å². The molecule has 0 aliphatic carbocycles. The van der Waals surface area contributed by atoms with Crippen molar-refractivity contribution in [1.29, 1.82) is 0 Å². The summed E-state index contributed by atoms with van der Waals surface area (Å²) < 4.78 is 0. The van der Waals surface area contributed by atoms with Gasteiger partial charge < -0.3 is 20.4 Å². The predicted molar refractivity (Wildman–Crippen MR) is 99.1 cm³/mol. The fourth-order valence-corrected chi connectivity index (χ4v) is 2.76. The number of terminal acetylenes is 1. The molecule has 0 radical (unpaired) electrons. The van der Waals surface area contributed by atoms with Crippen molar-refractivity contribution in [3.05, 3.63) is 29.8 Å². The molecule has 1 aliphatic heterocycles. The molecule has 0 spiro atoms. The first-order valence-corrected chi connectivity index (χ1v) is 8.54. The van der Waals surface area contributed by atoms with Crippen molar-refractivity contribution in [2.24, 2.45) is 5.92 Å². The zero-order valence-corrected chi connectivity index (χ0v) is 14.9. The lowest BCUT2D eigenvalue weighted by Gasteiger charge is -2.33. The van der Waals surface area contributed by atoms with E-state index < -0.39 is 11.8 Å². The highest BCUT2D eigenvalue weighted by Crippen LogP contribution is 2.09. The van der Waals surface area contributed by atoms with Crippen LogP contribution in [0.2, 0.25) is 0 Å². The van der Waals surface area contributed by atoms with E-state index in [1.807, 2.05) is 0 Å². The minimum atomic E-state index is -0.680. The van der Waals surface area contributed by atoms with E-state index in [1.54, 1.807) is 24.3 Å². The molecule has 0 aromatic heterocycles. The first kappa shape index (κ1) is 19.0. The third-order valence-electron chi connectivity index (χ3n) is 4.27. The van der Waals surface area contributed by atoms with E-state index in [0.717, 1.165) is 32.7 Å². The first-order valence-electron chi connectivity index (χ1n) is 8.54. The van der Waals surface area contributed by atoms with Crippen molar-refractivity contribution < 1.29 is 9.59 Å². The maximum absolute atomic E-state index is 12.0.